The molecule has 2 aromatic heterocycles. The van der Waals surface area contributed by atoms with Crippen molar-refractivity contribution < 1.29 is 4.79 Å². The zero-order chi connectivity index (χ0) is 13.4. The van der Waals surface area contributed by atoms with Crippen LogP contribution >= 0.6 is 11.5 Å². The summed E-state index contributed by atoms with van der Waals surface area (Å²) in [6.07, 6.45) is 4.64. The third-order valence-corrected chi connectivity index (χ3v) is 4.46. The monoisotopic (exact) mass is 276 g/mol. The molecule has 6 heteroatoms. The summed E-state index contributed by atoms with van der Waals surface area (Å²) in [7, 11) is 0. The van der Waals surface area contributed by atoms with Crippen molar-refractivity contribution in [3.05, 3.63) is 33.6 Å². The van der Waals surface area contributed by atoms with E-state index in [9.17, 15) is 4.79 Å². The summed E-state index contributed by atoms with van der Waals surface area (Å²) in [4.78, 5) is 13.3. The van der Waals surface area contributed by atoms with Gasteiger partial charge < -0.3 is 5.32 Å². The molecule has 0 fully saturated rings. The number of amides is 1. The van der Waals surface area contributed by atoms with Gasteiger partial charge in [-0.15, -0.1) is 0 Å². The van der Waals surface area contributed by atoms with Gasteiger partial charge in [-0.2, -0.15) is 9.47 Å². The van der Waals surface area contributed by atoms with Crippen LogP contribution in [0.5, 0.6) is 0 Å². The van der Waals surface area contributed by atoms with Gasteiger partial charge in [0.15, 0.2) is 0 Å². The highest BCUT2D eigenvalue weighted by atomic mass is 32.1. The number of fused-ring (bicyclic) bond motifs is 1. The minimum Gasteiger partial charge on any atom is -0.349 e. The van der Waals surface area contributed by atoms with E-state index in [4.69, 9.17) is 0 Å². The van der Waals surface area contributed by atoms with E-state index in [2.05, 4.69) is 19.9 Å². The number of carbonyl (C=O) groups excluding carboxylic acids is 1. The van der Waals surface area contributed by atoms with Crippen LogP contribution < -0.4 is 5.32 Å². The lowest BCUT2D eigenvalue weighted by molar-refractivity contribution is 0.0932. The predicted octanol–water partition coefficient (Wildman–Crippen LogP) is 1.77. The van der Waals surface area contributed by atoms with Gasteiger partial charge in [0.1, 0.15) is 0 Å². The van der Waals surface area contributed by atoms with Crippen molar-refractivity contribution in [2.45, 2.75) is 39.2 Å². The molecule has 0 aromatic carbocycles. The first-order valence-corrected chi connectivity index (χ1v) is 7.17. The summed E-state index contributed by atoms with van der Waals surface area (Å²) < 4.78 is 4.22. The number of aryl methyl sites for hydroxylation is 3. The number of aromatic amines is 1. The Hall–Kier alpha value is -1.69. The van der Waals surface area contributed by atoms with Gasteiger partial charge in [0.05, 0.1) is 17.5 Å². The van der Waals surface area contributed by atoms with Crippen molar-refractivity contribution in [1.29, 1.82) is 0 Å². The fourth-order valence-corrected chi connectivity index (χ4v) is 3.29. The Kier molecular flexibility index (Phi) is 3.10. The Morgan fingerprint density at radius 2 is 2.37 bits per heavy atom. The molecule has 1 aliphatic carbocycles. The summed E-state index contributed by atoms with van der Waals surface area (Å²) in [5.41, 5.74) is 3.97. The van der Waals surface area contributed by atoms with Gasteiger partial charge in [-0.25, -0.2) is 0 Å². The maximum absolute atomic E-state index is 12.3. The number of H-pyrrole nitrogens is 1. The zero-order valence-electron chi connectivity index (χ0n) is 11.0. The molecule has 0 radical (unpaired) electrons. The van der Waals surface area contributed by atoms with Crippen molar-refractivity contribution >= 4 is 17.4 Å². The first kappa shape index (κ1) is 12.3. The zero-order valence-corrected chi connectivity index (χ0v) is 11.8. The summed E-state index contributed by atoms with van der Waals surface area (Å²) in [5.74, 6) is -0.00304. The lowest BCUT2D eigenvalue weighted by atomic mass is 9.93. The molecule has 1 atom stereocenters. The fraction of sp³-hybridized carbons (Fsp3) is 0.462. The quantitative estimate of drug-likeness (QED) is 0.878. The van der Waals surface area contributed by atoms with Crippen molar-refractivity contribution in [2.75, 3.05) is 0 Å². The van der Waals surface area contributed by atoms with Crippen LogP contribution in [0.25, 0.3) is 0 Å². The smallest absolute Gasteiger partial charge is 0.254 e. The fourth-order valence-electron chi connectivity index (χ4n) is 2.60. The maximum Gasteiger partial charge on any atom is 0.254 e. The van der Waals surface area contributed by atoms with E-state index in [0.717, 1.165) is 41.1 Å². The third-order valence-electron chi connectivity index (χ3n) is 3.62. The average molecular weight is 276 g/mol. The molecule has 1 amide bonds. The highest BCUT2D eigenvalue weighted by Crippen LogP contribution is 2.21. The van der Waals surface area contributed by atoms with Gasteiger partial charge in [-0.05, 0) is 43.8 Å². The average Bonchev–Trinajstić information content (AvgIpc) is 2.95. The van der Waals surface area contributed by atoms with Gasteiger partial charge in [-0.1, -0.05) is 0 Å². The number of hydrogen-bond acceptors (Lipinski definition) is 4. The number of carbonyl (C=O) groups is 1. The van der Waals surface area contributed by atoms with E-state index in [1.165, 1.54) is 17.1 Å². The summed E-state index contributed by atoms with van der Waals surface area (Å²) >= 11 is 1.38. The molecule has 19 heavy (non-hydrogen) atoms. The number of aromatic nitrogens is 3. The van der Waals surface area contributed by atoms with Crippen molar-refractivity contribution in [1.82, 2.24) is 19.9 Å². The molecule has 0 aliphatic heterocycles. The molecule has 2 aromatic rings. The van der Waals surface area contributed by atoms with Crippen LogP contribution in [0.2, 0.25) is 0 Å². The van der Waals surface area contributed by atoms with Gasteiger partial charge in [0.25, 0.3) is 5.91 Å². The lowest BCUT2D eigenvalue weighted by Crippen LogP contribution is -2.39. The van der Waals surface area contributed by atoms with Crippen molar-refractivity contribution in [2.24, 2.45) is 0 Å². The van der Waals surface area contributed by atoms with Crippen LogP contribution in [0.4, 0.5) is 0 Å². The Balaban J connectivity index is 1.72. The molecule has 1 unspecified atom stereocenters. The van der Waals surface area contributed by atoms with Crippen LogP contribution in [0, 0.1) is 13.8 Å². The molecule has 100 valence electrons. The first-order chi connectivity index (χ1) is 9.15. The van der Waals surface area contributed by atoms with Crippen LogP contribution in [0.1, 0.15) is 38.6 Å². The SMILES string of the molecule is Cc1nsc(C)c1C(=O)NC1CCc2cn[nH]c2C1. The van der Waals surface area contributed by atoms with Crippen molar-refractivity contribution in [3.63, 3.8) is 0 Å². The number of rotatable bonds is 2. The molecular weight excluding hydrogens is 260 g/mol. The molecule has 2 N–H and O–H groups in total. The van der Waals surface area contributed by atoms with Crippen LogP contribution in [-0.2, 0) is 12.8 Å². The minimum atomic E-state index is -0.00304. The van der Waals surface area contributed by atoms with Gasteiger partial charge in [-0.3, -0.25) is 9.89 Å². The Labute approximate surface area is 115 Å². The second-order valence-corrected chi connectivity index (χ2v) is 5.96. The van der Waals surface area contributed by atoms with Crippen LogP contribution in [-0.4, -0.2) is 26.5 Å². The Morgan fingerprint density at radius 3 is 3.11 bits per heavy atom. The molecule has 0 bridgehead atoms. The van der Waals surface area contributed by atoms with E-state index in [1.54, 1.807) is 0 Å². The van der Waals surface area contributed by atoms with Gasteiger partial charge in [0, 0.05) is 23.0 Å². The standard InChI is InChI=1S/C13H16N4OS/c1-7-12(8(2)19-17-7)13(18)15-10-4-3-9-6-14-16-11(9)5-10/h6,10H,3-5H2,1-2H3,(H,14,16)(H,15,18). The number of nitrogens with one attached hydrogen (secondary N) is 2. The molecule has 3 rings (SSSR count). The van der Waals surface area contributed by atoms with E-state index in [-0.39, 0.29) is 11.9 Å². The Bertz CT molecular complexity index is 596. The molecule has 5 nitrogen and oxygen atoms in total. The molecule has 0 spiro atoms. The van der Waals surface area contributed by atoms with Gasteiger partial charge in [0.2, 0.25) is 0 Å². The second-order valence-electron chi connectivity index (χ2n) is 4.99. The summed E-state index contributed by atoms with van der Waals surface area (Å²) in [5, 5.41) is 10.2. The minimum absolute atomic E-state index is 0.00304. The van der Waals surface area contributed by atoms with E-state index >= 15 is 0 Å². The summed E-state index contributed by atoms with van der Waals surface area (Å²) in [6.45, 7) is 3.82. The highest BCUT2D eigenvalue weighted by Gasteiger charge is 2.24. The molecule has 2 heterocycles. The van der Waals surface area contributed by atoms with E-state index in [1.807, 2.05) is 20.0 Å². The normalized spacial score (nSPS) is 18.1. The Morgan fingerprint density at radius 1 is 1.53 bits per heavy atom. The predicted molar refractivity (Wildman–Crippen MR) is 73.5 cm³/mol. The van der Waals surface area contributed by atoms with Gasteiger partial charge >= 0.3 is 0 Å². The second kappa shape index (κ2) is 4.77. The van der Waals surface area contributed by atoms with Crippen molar-refractivity contribution in [3.8, 4) is 0 Å². The number of hydrogen-bond donors (Lipinski definition) is 2. The van der Waals surface area contributed by atoms with E-state index in [0.29, 0.717) is 0 Å². The van der Waals surface area contributed by atoms with E-state index < -0.39 is 0 Å². The molecule has 1 aliphatic rings. The maximum atomic E-state index is 12.3. The molecule has 0 saturated carbocycles. The summed E-state index contributed by atoms with van der Waals surface area (Å²) in [6, 6.07) is 0.180. The third kappa shape index (κ3) is 2.28. The highest BCUT2D eigenvalue weighted by molar-refractivity contribution is 7.06. The molecule has 0 saturated heterocycles. The number of nitrogens with zero attached hydrogens (tertiary/aromatic N) is 2. The lowest BCUT2D eigenvalue weighted by Gasteiger charge is -2.22. The molecular formula is C13H16N4OS. The largest absolute Gasteiger partial charge is 0.349 e. The van der Waals surface area contributed by atoms with Crippen LogP contribution in [0.3, 0.4) is 0 Å². The topological polar surface area (TPSA) is 70.7 Å². The first-order valence-electron chi connectivity index (χ1n) is 6.40. The van der Waals surface area contributed by atoms with Crippen LogP contribution in [0.15, 0.2) is 6.20 Å².